The van der Waals surface area contributed by atoms with Crippen LogP contribution in [0.2, 0.25) is 0 Å². The Hall–Kier alpha value is -0.120. The smallest absolute Gasteiger partial charge is 0.0589 e. The van der Waals surface area contributed by atoms with Gasteiger partial charge in [-0.3, -0.25) is 4.90 Å². The molecule has 0 spiro atoms. The van der Waals surface area contributed by atoms with E-state index in [1.54, 1.807) is 7.11 Å². The Morgan fingerprint density at radius 3 is 2.38 bits per heavy atom. The zero-order chi connectivity index (χ0) is 12.0. The first-order valence-corrected chi connectivity index (χ1v) is 6.48. The van der Waals surface area contributed by atoms with E-state index in [-0.39, 0.29) is 5.54 Å². The number of methoxy groups -OCH3 is 1. The van der Waals surface area contributed by atoms with Crippen LogP contribution in [0.1, 0.15) is 33.6 Å². The quantitative estimate of drug-likeness (QED) is 0.775. The van der Waals surface area contributed by atoms with E-state index >= 15 is 0 Å². The summed E-state index contributed by atoms with van der Waals surface area (Å²) < 4.78 is 5.20. The third kappa shape index (κ3) is 4.81. The van der Waals surface area contributed by atoms with E-state index in [0.717, 1.165) is 19.1 Å². The van der Waals surface area contributed by atoms with Crippen LogP contribution in [-0.4, -0.2) is 50.3 Å². The minimum Gasteiger partial charge on any atom is -0.383 e. The van der Waals surface area contributed by atoms with Crippen molar-refractivity contribution in [2.75, 3.05) is 39.9 Å². The van der Waals surface area contributed by atoms with Gasteiger partial charge in [-0.2, -0.15) is 0 Å². The van der Waals surface area contributed by atoms with E-state index < -0.39 is 0 Å². The molecular formula is C13H28N2O. The second kappa shape index (κ2) is 6.58. The molecule has 0 saturated carbocycles. The molecule has 96 valence electrons. The molecule has 1 heterocycles. The highest BCUT2D eigenvalue weighted by molar-refractivity contribution is 4.80. The number of hydrogen-bond acceptors (Lipinski definition) is 3. The topological polar surface area (TPSA) is 24.5 Å². The molecule has 16 heavy (non-hydrogen) atoms. The van der Waals surface area contributed by atoms with Gasteiger partial charge in [-0.05, 0) is 52.6 Å². The van der Waals surface area contributed by atoms with E-state index in [1.165, 1.54) is 32.5 Å². The second-order valence-corrected chi connectivity index (χ2v) is 5.80. The van der Waals surface area contributed by atoms with Gasteiger partial charge in [-0.15, -0.1) is 0 Å². The van der Waals surface area contributed by atoms with Crippen molar-refractivity contribution >= 4 is 0 Å². The standard InChI is InChI=1S/C13H28N2O/c1-13(2,3)15(9-10-16-4)11-12-5-7-14-8-6-12/h12,14H,5-11H2,1-4H3. The predicted octanol–water partition coefficient (Wildman–Crippen LogP) is 1.73. The molecule has 0 aromatic rings. The number of hydrogen-bond donors (Lipinski definition) is 1. The van der Waals surface area contributed by atoms with Crippen LogP contribution in [-0.2, 0) is 4.74 Å². The fraction of sp³-hybridized carbons (Fsp3) is 1.00. The Balaban J connectivity index is 2.41. The molecule has 0 aromatic heterocycles. The molecule has 1 N–H and O–H groups in total. The molecule has 1 saturated heterocycles. The number of rotatable bonds is 5. The van der Waals surface area contributed by atoms with Crippen molar-refractivity contribution in [1.29, 1.82) is 0 Å². The third-order valence-corrected chi connectivity index (χ3v) is 3.45. The number of nitrogens with one attached hydrogen (secondary N) is 1. The van der Waals surface area contributed by atoms with Gasteiger partial charge < -0.3 is 10.1 Å². The Morgan fingerprint density at radius 2 is 1.88 bits per heavy atom. The molecule has 1 rings (SSSR count). The highest BCUT2D eigenvalue weighted by Gasteiger charge is 2.24. The van der Waals surface area contributed by atoms with Gasteiger partial charge in [0.2, 0.25) is 0 Å². The Labute approximate surface area is 101 Å². The minimum atomic E-state index is 0.253. The molecule has 3 heteroatoms. The summed E-state index contributed by atoms with van der Waals surface area (Å²) in [6.07, 6.45) is 2.64. The maximum absolute atomic E-state index is 5.20. The van der Waals surface area contributed by atoms with Gasteiger partial charge in [0.1, 0.15) is 0 Å². The molecule has 1 fully saturated rings. The van der Waals surface area contributed by atoms with Crippen LogP contribution in [0.3, 0.4) is 0 Å². The summed E-state index contributed by atoms with van der Waals surface area (Å²) >= 11 is 0. The summed E-state index contributed by atoms with van der Waals surface area (Å²) in [5, 5.41) is 3.43. The lowest BCUT2D eigenvalue weighted by Crippen LogP contribution is -2.47. The zero-order valence-electron chi connectivity index (χ0n) is 11.4. The molecule has 0 radical (unpaired) electrons. The van der Waals surface area contributed by atoms with Crippen molar-refractivity contribution in [3.8, 4) is 0 Å². The summed E-state index contributed by atoms with van der Waals surface area (Å²) in [6.45, 7) is 12.4. The first-order valence-electron chi connectivity index (χ1n) is 6.48. The first-order chi connectivity index (χ1) is 7.54. The van der Waals surface area contributed by atoms with Crippen LogP contribution >= 0.6 is 0 Å². The Morgan fingerprint density at radius 1 is 1.25 bits per heavy atom. The van der Waals surface area contributed by atoms with Crippen molar-refractivity contribution in [2.24, 2.45) is 5.92 Å². The number of nitrogens with zero attached hydrogens (tertiary/aromatic N) is 1. The lowest BCUT2D eigenvalue weighted by atomic mass is 9.95. The van der Waals surface area contributed by atoms with Crippen molar-refractivity contribution in [2.45, 2.75) is 39.2 Å². The Kier molecular flexibility index (Phi) is 5.73. The van der Waals surface area contributed by atoms with Gasteiger partial charge in [0.25, 0.3) is 0 Å². The highest BCUT2D eigenvalue weighted by atomic mass is 16.5. The average Bonchev–Trinajstić information content (AvgIpc) is 2.24. The van der Waals surface area contributed by atoms with Gasteiger partial charge in [-0.25, -0.2) is 0 Å². The average molecular weight is 228 g/mol. The van der Waals surface area contributed by atoms with E-state index in [0.29, 0.717) is 0 Å². The normalized spacial score (nSPS) is 19.3. The first kappa shape index (κ1) is 13.9. The molecule has 1 aliphatic rings. The minimum absolute atomic E-state index is 0.253. The highest BCUT2D eigenvalue weighted by Crippen LogP contribution is 2.19. The van der Waals surface area contributed by atoms with Crippen molar-refractivity contribution in [3.63, 3.8) is 0 Å². The second-order valence-electron chi connectivity index (χ2n) is 5.80. The van der Waals surface area contributed by atoms with Gasteiger partial charge in [-0.1, -0.05) is 0 Å². The Bertz CT molecular complexity index is 183. The summed E-state index contributed by atoms with van der Waals surface area (Å²) in [6, 6.07) is 0. The largest absolute Gasteiger partial charge is 0.383 e. The van der Waals surface area contributed by atoms with Crippen LogP contribution < -0.4 is 5.32 Å². The summed E-state index contributed by atoms with van der Waals surface area (Å²) in [5.41, 5.74) is 0.253. The van der Waals surface area contributed by atoms with Gasteiger partial charge in [0.05, 0.1) is 6.61 Å². The molecule has 0 unspecified atom stereocenters. The molecule has 3 nitrogen and oxygen atoms in total. The third-order valence-electron chi connectivity index (χ3n) is 3.45. The maximum atomic E-state index is 5.20. The van der Waals surface area contributed by atoms with Gasteiger partial charge in [0, 0.05) is 25.7 Å². The lowest BCUT2D eigenvalue weighted by molar-refractivity contribution is 0.0673. The van der Waals surface area contributed by atoms with E-state index in [1.807, 2.05) is 0 Å². The lowest BCUT2D eigenvalue weighted by Gasteiger charge is -2.39. The van der Waals surface area contributed by atoms with Crippen molar-refractivity contribution in [3.05, 3.63) is 0 Å². The SMILES string of the molecule is COCCN(CC1CCNCC1)C(C)(C)C. The molecule has 0 amide bonds. The van der Waals surface area contributed by atoms with Crippen LogP contribution in [0, 0.1) is 5.92 Å². The molecule has 0 bridgehead atoms. The maximum Gasteiger partial charge on any atom is 0.0589 e. The molecular weight excluding hydrogens is 200 g/mol. The molecule has 0 aliphatic carbocycles. The number of ether oxygens (including phenoxy) is 1. The molecule has 0 atom stereocenters. The van der Waals surface area contributed by atoms with Crippen molar-refractivity contribution < 1.29 is 4.74 Å². The fourth-order valence-corrected chi connectivity index (χ4v) is 2.28. The van der Waals surface area contributed by atoms with Crippen LogP contribution in [0.5, 0.6) is 0 Å². The summed E-state index contributed by atoms with van der Waals surface area (Å²) in [5.74, 6) is 0.859. The van der Waals surface area contributed by atoms with Crippen molar-refractivity contribution in [1.82, 2.24) is 10.2 Å². The van der Waals surface area contributed by atoms with Gasteiger partial charge in [0.15, 0.2) is 0 Å². The zero-order valence-corrected chi connectivity index (χ0v) is 11.4. The van der Waals surface area contributed by atoms with Crippen LogP contribution in [0.4, 0.5) is 0 Å². The van der Waals surface area contributed by atoms with E-state index in [9.17, 15) is 0 Å². The summed E-state index contributed by atoms with van der Waals surface area (Å²) in [7, 11) is 1.78. The van der Waals surface area contributed by atoms with E-state index in [2.05, 4.69) is 31.0 Å². The predicted molar refractivity (Wildman–Crippen MR) is 68.8 cm³/mol. The molecule has 0 aromatic carbocycles. The van der Waals surface area contributed by atoms with Crippen LogP contribution in [0.15, 0.2) is 0 Å². The summed E-state index contributed by atoms with van der Waals surface area (Å²) in [4.78, 5) is 2.56. The molecule has 1 aliphatic heterocycles. The van der Waals surface area contributed by atoms with E-state index in [4.69, 9.17) is 4.74 Å². The van der Waals surface area contributed by atoms with Gasteiger partial charge >= 0.3 is 0 Å². The number of piperidine rings is 1. The monoisotopic (exact) mass is 228 g/mol. The fourth-order valence-electron chi connectivity index (χ4n) is 2.28. The van der Waals surface area contributed by atoms with Crippen LogP contribution in [0.25, 0.3) is 0 Å².